The van der Waals surface area contributed by atoms with Gasteiger partial charge < -0.3 is 9.84 Å². The maximum atomic E-state index is 12.0. The van der Waals surface area contributed by atoms with Crippen LogP contribution in [0.2, 0.25) is 0 Å². The van der Waals surface area contributed by atoms with Crippen LogP contribution in [0.1, 0.15) is 12.0 Å². The van der Waals surface area contributed by atoms with Crippen molar-refractivity contribution in [3.8, 4) is 5.75 Å². The van der Waals surface area contributed by atoms with Gasteiger partial charge in [-0.3, -0.25) is 4.90 Å². The van der Waals surface area contributed by atoms with Gasteiger partial charge in [-0.1, -0.05) is 12.1 Å². The lowest BCUT2D eigenvalue weighted by Gasteiger charge is -2.15. The number of likely N-dealkylation sites (tertiary alicyclic amines) is 1. The lowest BCUT2D eigenvalue weighted by Crippen LogP contribution is -2.21. The molecule has 0 unspecified atom stereocenters. The number of hydrogen-bond donors (Lipinski definition) is 1. The third kappa shape index (κ3) is 3.64. The highest BCUT2D eigenvalue weighted by Gasteiger charge is 2.20. The second-order valence-corrected chi connectivity index (χ2v) is 4.20. The maximum Gasteiger partial charge on any atom is 0.387 e. The molecule has 1 fully saturated rings. The molecule has 0 radical (unpaired) electrons. The van der Waals surface area contributed by atoms with Crippen molar-refractivity contribution in [3.63, 3.8) is 0 Å². The zero-order chi connectivity index (χ0) is 12.3. The summed E-state index contributed by atoms with van der Waals surface area (Å²) in [6.07, 6.45) is 0.503. The smallest absolute Gasteiger partial charge is 0.387 e. The Morgan fingerprint density at radius 3 is 2.94 bits per heavy atom. The Hall–Kier alpha value is -1.20. The number of rotatable bonds is 4. The summed E-state index contributed by atoms with van der Waals surface area (Å²) >= 11 is 0. The molecule has 1 N–H and O–H groups in total. The first kappa shape index (κ1) is 12.3. The molecule has 1 saturated heterocycles. The zero-order valence-electron chi connectivity index (χ0n) is 9.35. The van der Waals surface area contributed by atoms with E-state index in [1.54, 1.807) is 12.1 Å². The van der Waals surface area contributed by atoms with Gasteiger partial charge in [-0.15, -0.1) is 0 Å². The van der Waals surface area contributed by atoms with Crippen molar-refractivity contribution in [2.24, 2.45) is 0 Å². The lowest BCUT2D eigenvalue weighted by atomic mass is 10.2. The molecule has 1 aliphatic rings. The van der Waals surface area contributed by atoms with Crippen LogP contribution in [0, 0.1) is 0 Å². The molecule has 1 heterocycles. The van der Waals surface area contributed by atoms with E-state index in [1.807, 2.05) is 6.07 Å². The number of aliphatic hydroxyl groups excluding tert-OH is 1. The average Bonchev–Trinajstić information content (AvgIpc) is 2.63. The SMILES string of the molecule is O[C@H]1CCN(Cc2cccc(OC(F)F)c2)C1. The highest BCUT2D eigenvalue weighted by atomic mass is 19.3. The Bertz CT molecular complexity index is 373. The number of halogens is 2. The van der Waals surface area contributed by atoms with Crippen LogP contribution < -0.4 is 4.74 Å². The van der Waals surface area contributed by atoms with Crippen molar-refractivity contribution < 1.29 is 18.6 Å². The summed E-state index contributed by atoms with van der Waals surface area (Å²) in [7, 11) is 0. The van der Waals surface area contributed by atoms with Gasteiger partial charge in [-0.05, 0) is 24.1 Å². The average molecular weight is 243 g/mol. The number of nitrogens with zero attached hydrogens (tertiary/aromatic N) is 1. The Morgan fingerprint density at radius 1 is 1.47 bits per heavy atom. The summed E-state index contributed by atoms with van der Waals surface area (Å²) in [5, 5.41) is 9.39. The molecule has 0 bridgehead atoms. The van der Waals surface area contributed by atoms with Crippen LogP contribution in [0.25, 0.3) is 0 Å². The van der Waals surface area contributed by atoms with Crippen LogP contribution in [0.15, 0.2) is 24.3 Å². The summed E-state index contributed by atoms with van der Waals surface area (Å²) in [5.74, 6) is 0.178. The van der Waals surface area contributed by atoms with Crippen molar-refractivity contribution in [3.05, 3.63) is 29.8 Å². The molecule has 0 spiro atoms. The van der Waals surface area contributed by atoms with E-state index in [2.05, 4.69) is 9.64 Å². The number of aliphatic hydroxyl groups is 1. The Kier molecular flexibility index (Phi) is 3.91. The molecule has 94 valence electrons. The standard InChI is InChI=1S/C12H15F2NO2/c13-12(14)17-11-3-1-2-9(6-11)7-15-5-4-10(16)8-15/h1-3,6,10,12,16H,4-5,7-8H2/t10-/m0/s1. The van der Waals surface area contributed by atoms with Crippen molar-refractivity contribution in [1.29, 1.82) is 0 Å². The molecule has 0 aromatic heterocycles. The second-order valence-electron chi connectivity index (χ2n) is 4.20. The minimum atomic E-state index is -2.79. The molecular formula is C12H15F2NO2. The molecule has 5 heteroatoms. The van der Waals surface area contributed by atoms with Gasteiger partial charge in [0.05, 0.1) is 6.10 Å². The monoisotopic (exact) mass is 243 g/mol. The number of ether oxygens (including phenoxy) is 1. The molecule has 2 rings (SSSR count). The molecular weight excluding hydrogens is 228 g/mol. The fourth-order valence-electron chi connectivity index (χ4n) is 2.03. The van der Waals surface area contributed by atoms with E-state index in [0.29, 0.717) is 13.1 Å². The predicted molar refractivity (Wildman–Crippen MR) is 59.0 cm³/mol. The van der Waals surface area contributed by atoms with Gasteiger partial charge in [-0.25, -0.2) is 0 Å². The van der Waals surface area contributed by atoms with Crippen molar-refractivity contribution >= 4 is 0 Å². The molecule has 1 aromatic carbocycles. The summed E-state index contributed by atoms with van der Waals surface area (Å²) < 4.78 is 28.4. The lowest BCUT2D eigenvalue weighted by molar-refractivity contribution is -0.0499. The zero-order valence-corrected chi connectivity index (χ0v) is 9.35. The number of hydrogen-bond acceptors (Lipinski definition) is 3. The Balaban J connectivity index is 1.96. The van der Waals surface area contributed by atoms with Crippen LogP contribution in [0.5, 0.6) is 5.75 Å². The van der Waals surface area contributed by atoms with Gasteiger partial charge in [0.25, 0.3) is 0 Å². The fourth-order valence-corrected chi connectivity index (χ4v) is 2.03. The van der Waals surface area contributed by atoms with Crippen LogP contribution in [0.3, 0.4) is 0 Å². The molecule has 17 heavy (non-hydrogen) atoms. The van der Waals surface area contributed by atoms with Crippen molar-refractivity contribution in [1.82, 2.24) is 4.90 Å². The largest absolute Gasteiger partial charge is 0.435 e. The van der Waals surface area contributed by atoms with Gasteiger partial charge in [0, 0.05) is 19.6 Å². The third-order valence-electron chi connectivity index (χ3n) is 2.78. The first-order valence-corrected chi connectivity index (χ1v) is 5.57. The van der Waals surface area contributed by atoms with Gasteiger partial charge in [0.1, 0.15) is 5.75 Å². The highest BCUT2D eigenvalue weighted by Crippen LogP contribution is 2.19. The number of benzene rings is 1. The maximum absolute atomic E-state index is 12.0. The summed E-state index contributed by atoms with van der Waals surface area (Å²) in [6.45, 7) is -0.669. The summed E-state index contributed by atoms with van der Waals surface area (Å²) in [5.41, 5.74) is 0.914. The minimum Gasteiger partial charge on any atom is -0.435 e. The van der Waals surface area contributed by atoms with Gasteiger partial charge >= 0.3 is 6.61 Å². The quantitative estimate of drug-likeness (QED) is 0.876. The van der Waals surface area contributed by atoms with E-state index in [-0.39, 0.29) is 11.9 Å². The van der Waals surface area contributed by atoms with Crippen LogP contribution in [0.4, 0.5) is 8.78 Å². The fraction of sp³-hybridized carbons (Fsp3) is 0.500. The van der Waals surface area contributed by atoms with E-state index < -0.39 is 6.61 Å². The molecule has 0 aliphatic carbocycles. The van der Waals surface area contributed by atoms with Crippen LogP contribution in [-0.2, 0) is 6.54 Å². The first-order chi connectivity index (χ1) is 8.13. The molecule has 0 amide bonds. The van der Waals surface area contributed by atoms with E-state index in [9.17, 15) is 13.9 Å². The number of alkyl halides is 2. The van der Waals surface area contributed by atoms with Gasteiger partial charge in [-0.2, -0.15) is 8.78 Å². The summed E-state index contributed by atoms with van der Waals surface area (Å²) in [6, 6.07) is 6.67. The molecule has 1 aromatic rings. The molecule has 0 saturated carbocycles. The Morgan fingerprint density at radius 2 is 2.29 bits per heavy atom. The molecule has 1 aliphatic heterocycles. The summed E-state index contributed by atoms with van der Waals surface area (Å²) in [4.78, 5) is 2.09. The second kappa shape index (κ2) is 5.42. The van der Waals surface area contributed by atoms with Crippen molar-refractivity contribution in [2.45, 2.75) is 25.7 Å². The normalized spacial score (nSPS) is 21.1. The van der Waals surface area contributed by atoms with E-state index >= 15 is 0 Å². The topological polar surface area (TPSA) is 32.7 Å². The van der Waals surface area contributed by atoms with Gasteiger partial charge in [0.2, 0.25) is 0 Å². The molecule has 1 atom stereocenters. The van der Waals surface area contributed by atoms with Crippen LogP contribution in [-0.4, -0.2) is 35.8 Å². The predicted octanol–water partition coefficient (Wildman–Crippen LogP) is 1.85. The van der Waals surface area contributed by atoms with Crippen LogP contribution >= 0.6 is 0 Å². The van der Waals surface area contributed by atoms with E-state index in [4.69, 9.17) is 0 Å². The first-order valence-electron chi connectivity index (χ1n) is 5.57. The Labute approximate surface area is 98.6 Å². The number of β-amino-alcohol motifs (C(OH)–C–C–N with tert-alkyl or cyclic N) is 1. The van der Waals surface area contributed by atoms with Crippen molar-refractivity contribution in [2.75, 3.05) is 13.1 Å². The molecule has 3 nitrogen and oxygen atoms in total. The minimum absolute atomic E-state index is 0.178. The van der Waals surface area contributed by atoms with E-state index in [0.717, 1.165) is 18.5 Å². The highest BCUT2D eigenvalue weighted by molar-refractivity contribution is 5.28. The third-order valence-corrected chi connectivity index (χ3v) is 2.78. The van der Waals surface area contributed by atoms with E-state index in [1.165, 1.54) is 6.07 Å². The van der Waals surface area contributed by atoms with Gasteiger partial charge in [0.15, 0.2) is 0 Å².